The van der Waals surface area contributed by atoms with Crippen molar-refractivity contribution in [2.75, 3.05) is 33.4 Å². The Bertz CT molecular complexity index is 850. The van der Waals surface area contributed by atoms with Crippen LogP contribution in [0.25, 0.3) is 0 Å². The molecular formula is C22H27NO5. The minimum atomic E-state index is -0.885. The zero-order valence-electron chi connectivity index (χ0n) is 16.3. The van der Waals surface area contributed by atoms with Crippen molar-refractivity contribution in [3.05, 3.63) is 35.9 Å². The predicted octanol–water partition coefficient (Wildman–Crippen LogP) is 1.78. The van der Waals surface area contributed by atoms with E-state index < -0.39 is 16.8 Å². The summed E-state index contributed by atoms with van der Waals surface area (Å²) in [5.41, 5.74) is 0.961. The fourth-order valence-electron chi connectivity index (χ4n) is 6.89. The number of hydrogen-bond acceptors (Lipinski definition) is 6. The summed E-state index contributed by atoms with van der Waals surface area (Å²) in [6, 6.07) is 4.17. The van der Waals surface area contributed by atoms with Gasteiger partial charge < -0.3 is 24.1 Å². The molecule has 1 aromatic rings. The number of fused-ring (bicyclic) bond motifs is 1. The molecule has 0 unspecified atom stereocenters. The third kappa shape index (κ3) is 1.75. The number of likely N-dealkylation sites (tertiary alicyclic amines) is 1. The maximum Gasteiger partial charge on any atom is 0.207 e. The predicted molar refractivity (Wildman–Crippen MR) is 102 cm³/mol. The fourth-order valence-corrected chi connectivity index (χ4v) is 6.89. The van der Waals surface area contributed by atoms with Crippen LogP contribution in [0, 0.1) is 0 Å². The van der Waals surface area contributed by atoms with Gasteiger partial charge in [-0.25, -0.2) is 0 Å². The van der Waals surface area contributed by atoms with Gasteiger partial charge in [-0.1, -0.05) is 12.1 Å². The van der Waals surface area contributed by atoms with Crippen molar-refractivity contribution in [2.24, 2.45) is 0 Å². The summed E-state index contributed by atoms with van der Waals surface area (Å²) in [6.45, 7) is 6.75. The van der Waals surface area contributed by atoms with E-state index >= 15 is 0 Å². The van der Waals surface area contributed by atoms with Crippen molar-refractivity contribution in [2.45, 2.75) is 54.6 Å². The van der Waals surface area contributed by atoms with E-state index in [2.05, 4.69) is 17.5 Å². The Hall–Kier alpha value is -1.60. The first-order valence-corrected chi connectivity index (χ1v) is 10.3. The molecule has 3 fully saturated rings. The van der Waals surface area contributed by atoms with Crippen LogP contribution in [0.2, 0.25) is 0 Å². The van der Waals surface area contributed by atoms with Crippen LogP contribution in [0.1, 0.15) is 30.4 Å². The van der Waals surface area contributed by atoms with Crippen molar-refractivity contribution < 1.29 is 24.1 Å². The molecule has 2 spiro atoms. The van der Waals surface area contributed by atoms with Gasteiger partial charge in [0, 0.05) is 24.6 Å². The zero-order chi connectivity index (χ0) is 19.1. The van der Waals surface area contributed by atoms with Gasteiger partial charge in [0.05, 0.1) is 31.3 Å². The third-order valence-electron chi connectivity index (χ3n) is 7.92. The lowest BCUT2D eigenvalue weighted by atomic mass is 9.48. The Labute approximate surface area is 165 Å². The highest BCUT2D eigenvalue weighted by Gasteiger charge is 2.77. The van der Waals surface area contributed by atoms with Gasteiger partial charge in [0.1, 0.15) is 0 Å². The number of aliphatic hydroxyl groups is 1. The van der Waals surface area contributed by atoms with Gasteiger partial charge in [0.2, 0.25) is 5.79 Å². The second-order valence-electron chi connectivity index (χ2n) is 8.79. The van der Waals surface area contributed by atoms with E-state index in [1.54, 1.807) is 7.11 Å². The SMILES string of the molecule is C=CCN1CC[C@]23c4c5ccc(OC)c4O[C@@H]2C2(CC[C@@]3(O)[C@H]1C5)OCCO2. The van der Waals surface area contributed by atoms with E-state index in [1.807, 2.05) is 12.1 Å². The molecule has 3 heterocycles. The monoisotopic (exact) mass is 385 g/mol. The standard InChI is InChI=1S/C22H27NO5/c1-3-9-23-10-8-20-17-14-4-5-15(25-2)18(17)28-19(20)22(26-11-12-27-22)7-6-21(20,24)16(23)13-14/h3-5,16,19,24H,1,6-13H2,2H3/t16-,19+,20+,21-/m1/s1. The Morgan fingerprint density at radius 2 is 2.11 bits per heavy atom. The number of hydrogen-bond donors (Lipinski definition) is 1. The summed E-state index contributed by atoms with van der Waals surface area (Å²) in [5, 5.41) is 12.3. The number of ether oxygens (including phenoxy) is 4. The molecule has 0 amide bonds. The summed E-state index contributed by atoms with van der Waals surface area (Å²) in [7, 11) is 1.67. The summed E-state index contributed by atoms with van der Waals surface area (Å²) in [6.07, 6.45) is 4.47. The minimum Gasteiger partial charge on any atom is -0.493 e. The lowest BCUT2D eigenvalue weighted by molar-refractivity contribution is -0.296. The number of methoxy groups -OCH3 is 1. The van der Waals surface area contributed by atoms with Crippen LogP contribution in [0.5, 0.6) is 11.5 Å². The average molecular weight is 385 g/mol. The lowest BCUT2D eigenvalue weighted by Crippen LogP contribution is -2.79. The van der Waals surface area contributed by atoms with Gasteiger partial charge in [-0.15, -0.1) is 6.58 Å². The van der Waals surface area contributed by atoms with Crippen LogP contribution < -0.4 is 9.47 Å². The summed E-state index contributed by atoms with van der Waals surface area (Å²) in [5.74, 6) is 0.722. The summed E-state index contributed by atoms with van der Waals surface area (Å²) in [4.78, 5) is 2.38. The van der Waals surface area contributed by atoms with Crippen LogP contribution >= 0.6 is 0 Å². The van der Waals surface area contributed by atoms with E-state index in [0.29, 0.717) is 26.1 Å². The van der Waals surface area contributed by atoms with Crippen molar-refractivity contribution in [1.29, 1.82) is 0 Å². The van der Waals surface area contributed by atoms with Gasteiger partial charge in [0.15, 0.2) is 17.6 Å². The smallest absolute Gasteiger partial charge is 0.207 e. The van der Waals surface area contributed by atoms with E-state index in [-0.39, 0.29) is 12.1 Å². The third-order valence-corrected chi connectivity index (χ3v) is 7.92. The summed E-state index contributed by atoms with van der Waals surface area (Å²) < 4.78 is 24.6. The van der Waals surface area contributed by atoms with Crippen LogP contribution in [0.4, 0.5) is 0 Å². The molecule has 6 heteroatoms. The van der Waals surface area contributed by atoms with Crippen LogP contribution in [0.15, 0.2) is 24.8 Å². The maximum atomic E-state index is 12.3. The molecule has 150 valence electrons. The highest BCUT2D eigenvalue weighted by Crippen LogP contribution is 2.68. The van der Waals surface area contributed by atoms with Crippen LogP contribution in [-0.4, -0.2) is 67.0 Å². The topological polar surface area (TPSA) is 60.4 Å². The fraction of sp³-hybridized carbons (Fsp3) is 0.636. The lowest BCUT2D eigenvalue weighted by Gasteiger charge is -2.65. The van der Waals surface area contributed by atoms with Crippen molar-refractivity contribution in [3.63, 3.8) is 0 Å². The largest absolute Gasteiger partial charge is 0.493 e. The molecule has 0 radical (unpaired) electrons. The first-order valence-electron chi connectivity index (χ1n) is 10.3. The molecule has 0 aromatic heterocycles. The quantitative estimate of drug-likeness (QED) is 0.801. The second kappa shape index (κ2) is 5.51. The number of nitrogens with zero attached hydrogens (tertiary/aromatic N) is 1. The summed E-state index contributed by atoms with van der Waals surface area (Å²) >= 11 is 0. The minimum absolute atomic E-state index is 0.0379. The normalized spacial score (nSPS) is 39.5. The molecule has 6 rings (SSSR count). The van der Waals surface area contributed by atoms with Crippen molar-refractivity contribution in [3.8, 4) is 11.5 Å². The molecule has 3 aliphatic heterocycles. The van der Waals surface area contributed by atoms with Crippen LogP contribution in [-0.2, 0) is 21.3 Å². The van der Waals surface area contributed by atoms with Gasteiger partial charge >= 0.3 is 0 Å². The van der Waals surface area contributed by atoms with Crippen LogP contribution in [0.3, 0.4) is 0 Å². The molecule has 1 aromatic carbocycles. The highest BCUT2D eigenvalue weighted by atomic mass is 16.8. The van der Waals surface area contributed by atoms with E-state index in [0.717, 1.165) is 43.0 Å². The first-order chi connectivity index (χ1) is 13.6. The Kier molecular flexibility index (Phi) is 3.40. The maximum absolute atomic E-state index is 12.3. The van der Waals surface area contributed by atoms with E-state index in [9.17, 15) is 5.11 Å². The molecule has 28 heavy (non-hydrogen) atoms. The first kappa shape index (κ1) is 17.3. The highest BCUT2D eigenvalue weighted by molar-refractivity contribution is 5.63. The van der Waals surface area contributed by atoms with Gasteiger partial charge in [-0.2, -0.15) is 0 Å². The molecule has 6 nitrogen and oxygen atoms in total. The van der Waals surface area contributed by atoms with Gasteiger partial charge in [0.25, 0.3) is 0 Å². The van der Waals surface area contributed by atoms with Gasteiger partial charge in [-0.05, 0) is 37.4 Å². The second-order valence-corrected chi connectivity index (χ2v) is 8.79. The van der Waals surface area contributed by atoms with Gasteiger partial charge in [-0.3, -0.25) is 4.90 Å². The zero-order valence-corrected chi connectivity index (χ0v) is 16.3. The van der Waals surface area contributed by atoms with E-state index in [1.165, 1.54) is 5.56 Å². The molecule has 2 saturated heterocycles. The Balaban J connectivity index is 1.61. The molecule has 1 N–H and O–H groups in total. The average Bonchev–Trinajstić information content (AvgIpc) is 3.30. The number of benzene rings is 1. The molecule has 5 aliphatic rings. The van der Waals surface area contributed by atoms with Crippen molar-refractivity contribution >= 4 is 0 Å². The van der Waals surface area contributed by atoms with Crippen molar-refractivity contribution in [1.82, 2.24) is 4.90 Å². The molecule has 2 aliphatic carbocycles. The Morgan fingerprint density at radius 3 is 2.86 bits per heavy atom. The number of rotatable bonds is 3. The molecule has 2 bridgehead atoms. The number of piperidine rings is 1. The molecular weight excluding hydrogens is 358 g/mol. The molecule has 1 saturated carbocycles. The van der Waals surface area contributed by atoms with E-state index in [4.69, 9.17) is 18.9 Å². The Morgan fingerprint density at radius 1 is 1.29 bits per heavy atom. The molecule has 4 atom stereocenters.